The average molecular weight is 456 g/mol. The Morgan fingerprint density at radius 1 is 1.28 bits per heavy atom. The molecule has 1 aliphatic rings. The van der Waals surface area contributed by atoms with Gasteiger partial charge in [-0.1, -0.05) is 11.2 Å². The van der Waals surface area contributed by atoms with Gasteiger partial charge in [0.25, 0.3) is 0 Å². The number of benzene rings is 2. The number of aromatic hydroxyl groups is 1. The summed E-state index contributed by atoms with van der Waals surface area (Å²) in [6, 6.07) is 7.68. The van der Waals surface area contributed by atoms with E-state index in [0.29, 0.717) is 0 Å². The van der Waals surface area contributed by atoms with Gasteiger partial charge in [-0.15, -0.1) is 0 Å². The number of rotatable bonds is 5. The van der Waals surface area contributed by atoms with Crippen molar-refractivity contribution in [2.24, 2.45) is 10.9 Å². The Morgan fingerprint density at radius 3 is 2.59 bits per heavy atom. The number of amides is 2. The number of amidine groups is 1. The lowest BCUT2D eigenvalue weighted by Crippen LogP contribution is -2.41. The summed E-state index contributed by atoms with van der Waals surface area (Å²) >= 11 is 0. The van der Waals surface area contributed by atoms with Gasteiger partial charge in [0.15, 0.2) is 5.84 Å². The SMILES string of the molecule is N/C(=N\O)c1ccc(-c2ccc(N3C[C@H](CNC(=O)C(F)(F)F)OC3=O)cc2F)cc1O. The maximum Gasteiger partial charge on any atom is 0.471 e. The molecule has 3 rings (SSSR count). The van der Waals surface area contributed by atoms with E-state index in [1.165, 1.54) is 30.3 Å². The van der Waals surface area contributed by atoms with Crippen molar-refractivity contribution >= 4 is 23.5 Å². The molecule has 0 spiro atoms. The zero-order chi connectivity index (χ0) is 23.6. The fraction of sp³-hybridized carbons (Fsp3) is 0.211. The lowest BCUT2D eigenvalue weighted by Gasteiger charge is -2.15. The number of nitrogens with two attached hydrogens (primary N) is 1. The third-order valence-corrected chi connectivity index (χ3v) is 4.58. The van der Waals surface area contributed by atoms with Crippen LogP contribution in [0.25, 0.3) is 11.1 Å². The second-order valence-corrected chi connectivity index (χ2v) is 6.71. The van der Waals surface area contributed by atoms with Gasteiger partial charge in [-0.3, -0.25) is 9.69 Å². The van der Waals surface area contributed by atoms with Crippen LogP contribution in [-0.2, 0) is 9.53 Å². The third kappa shape index (κ3) is 4.66. The minimum absolute atomic E-state index is 0.0387. The van der Waals surface area contributed by atoms with Gasteiger partial charge in [-0.25, -0.2) is 9.18 Å². The molecule has 0 unspecified atom stereocenters. The highest BCUT2D eigenvalue weighted by Crippen LogP contribution is 2.32. The number of hydrogen-bond donors (Lipinski definition) is 4. The molecule has 2 amide bonds. The van der Waals surface area contributed by atoms with Gasteiger partial charge in [0, 0.05) is 5.56 Å². The van der Waals surface area contributed by atoms with Crippen molar-refractivity contribution in [2.45, 2.75) is 12.3 Å². The van der Waals surface area contributed by atoms with Crippen LogP contribution in [0.3, 0.4) is 0 Å². The first kappa shape index (κ1) is 22.7. The second-order valence-electron chi connectivity index (χ2n) is 6.71. The summed E-state index contributed by atoms with van der Waals surface area (Å²) in [6.45, 7) is -0.766. The van der Waals surface area contributed by atoms with Crippen molar-refractivity contribution < 1.29 is 42.2 Å². The Hall–Kier alpha value is -4.03. The van der Waals surface area contributed by atoms with E-state index in [2.05, 4.69) is 5.16 Å². The van der Waals surface area contributed by atoms with E-state index in [1.54, 1.807) is 5.32 Å². The molecule has 1 atom stereocenters. The predicted molar refractivity (Wildman–Crippen MR) is 103 cm³/mol. The second kappa shape index (κ2) is 8.61. The average Bonchev–Trinajstić information content (AvgIpc) is 3.11. The van der Waals surface area contributed by atoms with Crippen molar-refractivity contribution in [1.82, 2.24) is 5.32 Å². The number of cyclic esters (lactones) is 1. The molecule has 2 aromatic rings. The largest absolute Gasteiger partial charge is 0.507 e. The first-order chi connectivity index (χ1) is 15.0. The molecule has 0 bridgehead atoms. The lowest BCUT2D eigenvalue weighted by molar-refractivity contribution is -0.173. The van der Waals surface area contributed by atoms with Gasteiger partial charge < -0.3 is 26.1 Å². The van der Waals surface area contributed by atoms with E-state index >= 15 is 0 Å². The maximum absolute atomic E-state index is 14.7. The number of hydrogen-bond acceptors (Lipinski definition) is 6. The summed E-state index contributed by atoms with van der Waals surface area (Å²) < 4.78 is 56.4. The zero-order valence-corrected chi connectivity index (χ0v) is 16.1. The van der Waals surface area contributed by atoms with E-state index in [-0.39, 0.29) is 40.5 Å². The summed E-state index contributed by atoms with van der Waals surface area (Å²) in [4.78, 5) is 23.9. The molecule has 32 heavy (non-hydrogen) atoms. The van der Waals surface area contributed by atoms with Crippen molar-refractivity contribution in [3.63, 3.8) is 0 Å². The summed E-state index contributed by atoms with van der Waals surface area (Å²) in [7, 11) is 0. The Labute approximate surface area is 177 Å². The fourth-order valence-electron chi connectivity index (χ4n) is 3.02. The summed E-state index contributed by atoms with van der Waals surface area (Å²) in [6.07, 6.45) is -7.03. The smallest absolute Gasteiger partial charge is 0.471 e. The first-order valence-electron chi connectivity index (χ1n) is 8.95. The van der Waals surface area contributed by atoms with Gasteiger partial charge in [0.05, 0.1) is 24.3 Å². The molecule has 1 aliphatic heterocycles. The molecule has 0 aliphatic carbocycles. The third-order valence-electron chi connectivity index (χ3n) is 4.58. The maximum atomic E-state index is 14.7. The molecular weight excluding hydrogens is 440 g/mol. The number of carbonyl (C=O) groups excluding carboxylic acids is 2. The van der Waals surface area contributed by atoms with Crippen LogP contribution in [0.2, 0.25) is 0 Å². The molecule has 1 saturated heterocycles. The van der Waals surface area contributed by atoms with Gasteiger partial charge in [-0.2, -0.15) is 13.2 Å². The van der Waals surface area contributed by atoms with Crippen LogP contribution in [0, 0.1) is 5.82 Å². The number of ether oxygens (including phenoxy) is 1. The minimum Gasteiger partial charge on any atom is -0.507 e. The molecule has 1 heterocycles. The highest BCUT2D eigenvalue weighted by molar-refractivity contribution is 6.00. The standard InChI is InChI=1S/C19H16F4N4O5/c20-14-6-10(27-8-11(32-18(27)30)7-25-17(29)19(21,22)23)2-4-12(14)9-1-3-13(15(28)5-9)16(24)26-31/h1-6,11,28,31H,7-8H2,(H2,24,26)(H,25,29)/t11-/m0/s1. The summed E-state index contributed by atoms with van der Waals surface area (Å²) in [5.41, 5.74) is 5.87. The van der Waals surface area contributed by atoms with Gasteiger partial charge in [-0.05, 0) is 35.9 Å². The Balaban J connectivity index is 1.75. The topological polar surface area (TPSA) is 137 Å². The number of halogens is 4. The molecule has 170 valence electrons. The fourth-order valence-corrected chi connectivity index (χ4v) is 3.02. The molecule has 9 nitrogen and oxygen atoms in total. The van der Waals surface area contributed by atoms with Crippen LogP contribution in [0.4, 0.5) is 28.0 Å². The molecule has 13 heteroatoms. The van der Waals surface area contributed by atoms with Crippen molar-refractivity contribution in [2.75, 3.05) is 18.0 Å². The van der Waals surface area contributed by atoms with E-state index in [1.807, 2.05) is 0 Å². The Bertz CT molecular complexity index is 1090. The van der Waals surface area contributed by atoms with Gasteiger partial charge in [0.2, 0.25) is 0 Å². The number of oxime groups is 1. The molecule has 1 fully saturated rings. The van der Waals surface area contributed by atoms with Crippen LogP contribution in [0.1, 0.15) is 5.56 Å². The number of carbonyl (C=O) groups is 2. The molecule has 2 aromatic carbocycles. The molecule has 0 saturated carbocycles. The molecule has 0 radical (unpaired) electrons. The molecular formula is C19H16F4N4O5. The van der Waals surface area contributed by atoms with Crippen molar-refractivity contribution in [1.29, 1.82) is 0 Å². The lowest BCUT2D eigenvalue weighted by atomic mass is 10.0. The summed E-state index contributed by atoms with van der Waals surface area (Å²) in [5.74, 6) is -3.62. The highest BCUT2D eigenvalue weighted by atomic mass is 19.4. The normalized spacial score (nSPS) is 16.8. The van der Waals surface area contributed by atoms with Crippen LogP contribution in [-0.4, -0.2) is 53.5 Å². The summed E-state index contributed by atoms with van der Waals surface area (Å²) in [5, 5.41) is 23.1. The van der Waals surface area contributed by atoms with E-state index in [9.17, 15) is 32.3 Å². The number of phenols is 1. The minimum atomic E-state index is -5.06. The Morgan fingerprint density at radius 2 is 2.00 bits per heavy atom. The predicted octanol–water partition coefficient (Wildman–Crippen LogP) is 2.30. The van der Waals surface area contributed by atoms with Gasteiger partial charge >= 0.3 is 18.2 Å². The van der Waals surface area contributed by atoms with Crippen molar-refractivity contribution in [3.05, 3.63) is 47.8 Å². The zero-order valence-electron chi connectivity index (χ0n) is 16.1. The van der Waals surface area contributed by atoms with E-state index in [4.69, 9.17) is 15.7 Å². The number of phenolic OH excluding ortho intramolecular Hbond substituents is 1. The van der Waals surface area contributed by atoms with Crippen LogP contribution < -0.4 is 16.0 Å². The number of alkyl halides is 3. The highest BCUT2D eigenvalue weighted by Gasteiger charge is 2.40. The molecule has 5 N–H and O–H groups in total. The van der Waals surface area contributed by atoms with E-state index < -0.39 is 36.6 Å². The van der Waals surface area contributed by atoms with E-state index in [0.717, 1.165) is 11.0 Å². The van der Waals surface area contributed by atoms with Crippen LogP contribution in [0.15, 0.2) is 41.6 Å². The van der Waals surface area contributed by atoms with Crippen LogP contribution in [0.5, 0.6) is 5.75 Å². The monoisotopic (exact) mass is 456 g/mol. The number of nitrogens with one attached hydrogen (secondary N) is 1. The quantitative estimate of drug-likeness (QED) is 0.179. The first-order valence-corrected chi connectivity index (χ1v) is 8.95. The Kier molecular flexibility index (Phi) is 6.09. The van der Waals surface area contributed by atoms with Gasteiger partial charge in [0.1, 0.15) is 17.7 Å². The number of nitrogens with zero attached hydrogens (tertiary/aromatic N) is 2. The molecule has 0 aromatic heterocycles. The number of anilines is 1. The van der Waals surface area contributed by atoms with Crippen LogP contribution >= 0.6 is 0 Å². The van der Waals surface area contributed by atoms with Crippen molar-refractivity contribution in [3.8, 4) is 16.9 Å².